The Hall–Kier alpha value is -2.65. The molecule has 2 atom stereocenters. The van der Waals surface area contributed by atoms with Crippen LogP contribution in [0.4, 0.5) is 5.69 Å². The van der Waals surface area contributed by atoms with Crippen LogP contribution in [0, 0.1) is 6.92 Å². The molecule has 0 aliphatic carbocycles. The van der Waals surface area contributed by atoms with Gasteiger partial charge in [-0.25, -0.2) is 0 Å². The first-order valence-electron chi connectivity index (χ1n) is 12.6. The molecule has 3 heterocycles. The van der Waals surface area contributed by atoms with Crippen LogP contribution in [0.15, 0.2) is 54.9 Å². The molecule has 1 aromatic heterocycles. The molecular weight excluding hydrogens is 478 g/mol. The number of benzene rings is 2. The third kappa shape index (κ3) is 5.52. The fourth-order valence-corrected chi connectivity index (χ4v) is 5.21. The summed E-state index contributed by atoms with van der Waals surface area (Å²) in [7, 11) is 0. The topological polar surface area (TPSA) is 64.9 Å². The van der Waals surface area contributed by atoms with Gasteiger partial charge in [0.1, 0.15) is 25.0 Å². The lowest BCUT2D eigenvalue weighted by Crippen LogP contribution is -2.48. The van der Waals surface area contributed by atoms with Gasteiger partial charge in [-0.2, -0.15) is 15.0 Å². The van der Waals surface area contributed by atoms with Crippen LogP contribution < -0.4 is 9.64 Å². The molecule has 0 N–H and O–H groups in total. The number of rotatable bonds is 8. The van der Waals surface area contributed by atoms with Crippen LogP contribution in [0.2, 0.25) is 5.02 Å². The molecule has 3 aromatic rings. The summed E-state index contributed by atoms with van der Waals surface area (Å²) in [5.74, 6) is -0.275. The second-order valence-electron chi connectivity index (χ2n) is 9.77. The zero-order valence-corrected chi connectivity index (χ0v) is 21.9. The molecule has 8 nitrogen and oxygen atoms in total. The van der Waals surface area contributed by atoms with E-state index in [1.165, 1.54) is 5.69 Å². The summed E-state index contributed by atoms with van der Waals surface area (Å²) < 4.78 is 18.8. The first-order valence-corrected chi connectivity index (χ1v) is 12.9. The number of nitrogens with zero attached hydrogens (tertiary/aromatic N) is 5. The molecule has 9 heteroatoms. The van der Waals surface area contributed by atoms with E-state index in [1.54, 1.807) is 17.2 Å². The van der Waals surface area contributed by atoms with Crippen molar-refractivity contribution in [3.05, 3.63) is 71.0 Å². The number of anilines is 1. The Morgan fingerprint density at radius 2 is 1.78 bits per heavy atom. The number of piperazine rings is 1. The maximum atomic E-state index is 6.61. The Morgan fingerprint density at radius 3 is 2.44 bits per heavy atom. The first kappa shape index (κ1) is 25.0. The minimum Gasteiger partial charge on any atom is -0.491 e. The van der Waals surface area contributed by atoms with Gasteiger partial charge in [0.25, 0.3) is 0 Å². The smallest absolute Gasteiger partial charge is 0.219 e. The minimum atomic E-state index is -1.08. The number of halogens is 1. The van der Waals surface area contributed by atoms with Crippen LogP contribution >= 0.6 is 11.6 Å². The van der Waals surface area contributed by atoms with Gasteiger partial charge in [0.2, 0.25) is 5.79 Å². The van der Waals surface area contributed by atoms with E-state index in [0.29, 0.717) is 24.3 Å². The molecule has 2 aliphatic rings. The van der Waals surface area contributed by atoms with E-state index >= 15 is 0 Å². The number of ether oxygens (including phenoxy) is 3. The predicted molar refractivity (Wildman–Crippen MR) is 140 cm³/mol. The fourth-order valence-electron chi connectivity index (χ4n) is 4.84. The average molecular weight is 512 g/mol. The van der Waals surface area contributed by atoms with Crippen LogP contribution in [0.25, 0.3) is 0 Å². The van der Waals surface area contributed by atoms with Crippen molar-refractivity contribution >= 4 is 17.3 Å². The zero-order valence-electron chi connectivity index (χ0n) is 21.1. The maximum absolute atomic E-state index is 6.61. The van der Waals surface area contributed by atoms with Gasteiger partial charge < -0.3 is 19.1 Å². The monoisotopic (exact) mass is 511 g/mol. The van der Waals surface area contributed by atoms with Crippen molar-refractivity contribution < 1.29 is 14.2 Å². The first-order chi connectivity index (χ1) is 17.4. The van der Waals surface area contributed by atoms with Crippen LogP contribution in [0.5, 0.6) is 5.75 Å². The summed E-state index contributed by atoms with van der Waals surface area (Å²) in [6.45, 7) is 11.8. The Labute approximate surface area is 217 Å². The van der Waals surface area contributed by atoms with Crippen molar-refractivity contribution in [2.45, 2.75) is 45.2 Å². The average Bonchev–Trinajstić information content (AvgIpc) is 3.54. The quantitative estimate of drug-likeness (QED) is 0.451. The van der Waals surface area contributed by atoms with Crippen LogP contribution in [-0.4, -0.2) is 71.4 Å². The molecule has 36 heavy (non-hydrogen) atoms. The molecule has 0 radical (unpaired) electrons. The van der Waals surface area contributed by atoms with Gasteiger partial charge in [-0.3, -0.25) is 4.90 Å². The minimum absolute atomic E-state index is 0.262. The zero-order chi connectivity index (χ0) is 25.1. The Balaban J connectivity index is 1.21. The van der Waals surface area contributed by atoms with E-state index in [-0.39, 0.29) is 12.6 Å². The summed E-state index contributed by atoms with van der Waals surface area (Å²) in [4.78, 5) is 6.50. The van der Waals surface area contributed by atoms with E-state index in [9.17, 15) is 0 Å². The lowest BCUT2D eigenvalue weighted by Gasteiger charge is -2.38. The van der Waals surface area contributed by atoms with Crippen LogP contribution in [0.1, 0.15) is 25.0 Å². The van der Waals surface area contributed by atoms with Crippen molar-refractivity contribution in [1.29, 1.82) is 0 Å². The summed E-state index contributed by atoms with van der Waals surface area (Å²) in [5.41, 5.74) is 3.06. The standard InChI is InChI=1S/C27H34ClN5O3/c1-20(2)31-12-14-32(15-13-31)22-5-7-23(8-6-22)34-17-24-18-35-27(36-24,19-33-29-10-11-30-33)25-9-4-21(3)16-26(25)28/h4-11,16,20,24H,12-15,17-19H2,1-3H3/t24-,27?/m0/s1. The second-order valence-corrected chi connectivity index (χ2v) is 10.2. The van der Waals surface area contributed by atoms with E-state index < -0.39 is 5.79 Å². The van der Waals surface area contributed by atoms with Gasteiger partial charge in [0.15, 0.2) is 0 Å². The van der Waals surface area contributed by atoms with Crippen LogP contribution in [0.3, 0.4) is 0 Å². The number of hydrogen-bond acceptors (Lipinski definition) is 7. The molecule has 5 rings (SSSR count). The lowest BCUT2D eigenvalue weighted by molar-refractivity contribution is -0.192. The molecular formula is C27H34ClN5O3. The number of hydrogen-bond donors (Lipinski definition) is 0. The van der Waals surface area contributed by atoms with Crippen molar-refractivity contribution in [3.63, 3.8) is 0 Å². The molecule has 1 unspecified atom stereocenters. The lowest BCUT2D eigenvalue weighted by atomic mass is 10.0. The second kappa shape index (κ2) is 10.8. The molecule has 0 spiro atoms. The molecule has 0 amide bonds. The third-order valence-electron chi connectivity index (χ3n) is 6.89. The molecule has 2 aromatic carbocycles. The molecule has 192 valence electrons. The van der Waals surface area contributed by atoms with Gasteiger partial charge in [0.05, 0.1) is 19.0 Å². The maximum Gasteiger partial charge on any atom is 0.219 e. The van der Waals surface area contributed by atoms with E-state index in [1.807, 2.05) is 37.3 Å². The SMILES string of the molecule is Cc1ccc(C2(Cn3nccn3)OC[C@H](COc3ccc(N4CCN(C(C)C)CC4)cc3)O2)c(Cl)c1. The van der Waals surface area contributed by atoms with Gasteiger partial charge >= 0.3 is 0 Å². The van der Waals surface area contributed by atoms with Crippen molar-refractivity contribution in [1.82, 2.24) is 19.9 Å². The number of aromatic nitrogens is 3. The number of aryl methyl sites for hydroxylation is 1. The Morgan fingerprint density at radius 1 is 1.06 bits per heavy atom. The molecule has 0 saturated carbocycles. The highest BCUT2D eigenvalue weighted by Gasteiger charge is 2.46. The van der Waals surface area contributed by atoms with Gasteiger partial charge in [-0.15, -0.1) is 0 Å². The van der Waals surface area contributed by atoms with Gasteiger partial charge in [0, 0.05) is 48.5 Å². The Bertz CT molecular complexity index is 1130. The summed E-state index contributed by atoms with van der Waals surface area (Å²) in [5, 5.41) is 9.07. The highest BCUT2D eigenvalue weighted by Crippen LogP contribution is 2.40. The fraction of sp³-hybridized carbons (Fsp3) is 0.481. The summed E-state index contributed by atoms with van der Waals surface area (Å²) in [6.07, 6.45) is 3.00. The predicted octanol–water partition coefficient (Wildman–Crippen LogP) is 4.12. The van der Waals surface area contributed by atoms with Crippen LogP contribution in [-0.2, 0) is 21.8 Å². The van der Waals surface area contributed by atoms with E-state index in [2.05, 4.69) is 46.0 Å². The highest BCUT2D eigenvalue weighted by molar-refractivity contribution is 6.31. The summed E-state index contributed by atoms with van der Waals surface area (Å²) in [6, 6.07) is 14.8. The largest absolute Gasteiger partial charge is 0.491 e. The van der Waals surface area contributed by atoms with E-state index in [4.69, 9.17) is 25.8 Å². The van der Waals surface area contributed by atoms with Crippen molar-refractivity contribution in [2.24, 2.45) is 0 Å². The normalized spacial score (nSPS) is 22.9. The molecule has 2 saturated heterocycles. The molecule has 0 bridgehead atoms. The van der Waals surface area contributed by atoms with E-state index in [0.717, 1.165) is 43.1 Å². The summed E-state index contributed by atoms with van der Waals surface area (Å²) >= 11 is 6.61. The van der Waals surface area contributed by atoms with Gasteiger partial charge in [-0.05, 0) is 56.7 Å². The molecule has 2 fully saturated rings. The van der Waals surface area contributed by atoms with Crippen molar-refractivity contribution in [2.75, 3.05) is 44.3 Å². The van der Waals surface area contributed by atoms with Crippen molar-refractivity contribution in [3.8, 4) is 5.75 Å². The van der Waals surface area contributed by atoms with Gasteiger partial charge in [-0.1, -0.05) is 23.7 Å². The Kier molecular flexibility index (Phi) is 7.48. The third-order valence-corrected chi connectivity index (χ3v) is 7.21. The highest BCUT2D eigenvalue weighted by atomic mass is 35.5. The molecule has 2 aliphatic heterocycles.